The van der Waals surface area contributed by atoms with Crippen molar-refractivity contribution < 1.29 is 30.8 Å². The first-order chi connectivity index (χ1) is 17.1. The second-order valence-corrected chi connectivity index (χ2v) is 12.9. The number of hydrogen-bond donors (Lipinski definition) is 1. The van der Waals surface area contributed by atoms with Crippen LogP contribution in [0.25, 0.3) is 0 Å². The average Bonchev–Trinajstić information content (AvgIpc) is 3.58. The van der Waals surface area contributed by atoms with E-state index in [4.69, 9.17) is 4.74 Å². The van der Waals surface area contributed by atoms with E-state index in [1.165, 1.54) is 47.8 Å². The molecule has 0 saturated carbocycles. The van der Waals surface area contributed by atoms with Gasteiger partial charge in [-0.05, 0) is 66.8 Å². The molecule has 1 N–H and O–H groups in total. The van der Waals surface area contributed by atoms with E-state index >= 15 is 0 Å². The highest BCUT2D eigenvalue weighted by atomic mass is 32.2. The number of benzene rings is 2. The van der Waals surface area contributed by atoms with Gasteiger partial charge in [0.25, 0.3) is 10.0 Å². The molecule has 3 aromatic rings. The minimum Gasteiger partial charge on any atom is -0.495 e. The van der Waals surface area contributed by atoms with Crippen LogP contribution in [0.2, 0.25) is 0 Å². The van der Waals surface area contributed by atoms with Crippen LogP contribution in [-0.4, -0.2) is 53.8 Å². The minimum absolute atomic E-state index is 0.0101. The summed E-state index contributed by atoms with van der Waals surface area (Å²) in [5.41, 5.74) is 0.174. The third kappa shape index (κ3) is 5.38. The first-order valence-corrected chi connectivity index (χ1v) is 14.7. The van der Waals surface area contributed by atoms with Crippen molar-refractivity contribution in [3.63, 3.8) is 0 Å². The summed E-state index contributed by atoms with van der Waals surface area (Å²) in [6.07, 6.45) is 1.55. The standard InChI is InChI=1S/C23H24FN3O6S3/c1-33-21-11-10-19(35(29,30)26-12-2-3-13-26)15-20(21)25-22(28)16-27(18-8-6-17(24)7-9-18)36(31,32)23-5-4-14-34-23/h4-11,14-15H,2-3,12-13,16H2,1H3,(H,25,28). The number of sulfonamides is 2. The van der Waals surface area contributed by atoms with Crippen LogP contribution in [0, 0.1) is 5.82 Å². The maximum atomic E-state index is 13.5. The molecular formula is C23H24FN3O6S3. The van der Waals surface area contributed by atoms with Gasteiger partial charge in [-0.1, -0.05) is 6.07 Å². The lowest BCUT2D eigenvalue weighted by Crippen LogP contribution is -2.38. The van der Waals surface area contributed by atoms with Gasteiger partial charge in [0.1, 0.15) is 22.3 Å². The third-order valence-electron chi connectivity index (χ3n) is 5.59. The molecular weight excluding hydrogens is 529 g/mol. The fourth-order valence-corrected chi connectivity index (χ4v) is 7.85. The summed E-state index contributed by atoms with van der Waals surface area (Å²) in [6.45, 7) is 0.199. The van der Waals surface area contributed by atoms with Crippen LogP contribution < -0.4 is 14.4 Å². The Labute approximate surface area is 213 Å². The van der Waals surface area contributed by atoms with Gasteiger partial charge in [-0.25, -0.2) is 21.2 Å². The molecule has 0 unspecified atom stereocenters. The number of thiophene rings is 1. The lowest BCUT2D eigenvalue weighted by molar-refractivity contribution is -0.114. The molecule has 1 fully saturated rings. The number of nitrogens with one attached hydrogen (secondary N) is 1. The van der Waals surface area contributed by atoms with Crippen molar-refractivity contribution in [2.75, 3.05) is 36.4 Å². The van der Waals surface area contributed by atoms with Gasteiger partial charge >= 0.3 is 0 Å². The smallest absolute Gasteiger partial charge is 0.274 e. The Balaban J connectivity index is 1.64. The summed E-state index contributed by atoms with van der Waals surface area (Å²) in [6, 6.07) is 11.8. The Kier molecular flexibility index (Phi) is 7.64. The zero-order chi connectivity index (χ0) is 25.9. The molecule has 1 amide bonds. The van der Waals surface area contributed by atoms with Gasteiger partial charge in [0, 0.05) is 13.1 Å². The number of anilines is 2. The van der Waals surface area contributed by atoms with E-state index in [0.717, 1.165) is 40.6 Å². The molecule has 2 aromatic carbocycles. The van der Waals surface area contributed by atoms with Crippen LogP contribution in [0.3, 0.4) is 0 Å². The van der Waals surface area contributed by atoms with E-state index in [1.807, 2.05) is 0 Å². The lowest BCUT2D eigenvalue weighted by atomic mass is 10.3. The zero-order valence-electron chi connectivity index (χ0n) is 19.3. The van der Waals surface area contributed by atoms with Crippen molar-refractivity contribution in [2.24, 2.45) is 0 Å². The Hall–Kier alpha value is -3.00. The fourth-order valence-electron chi connectivity index (χ4n) is 3.78. The van der Waals surface area contributed by atoms with Gasteiger partial charge < -0.3 is 10.1 Å². The predicted molar refractivity (Wildman–Crippen MR) is 135 cm³/mol. The molecule has 36 heavy (non-hydrogen) atoms. The zero-order valence-corrected chi connectivity index (χ0v) is 21.7. The highest BCUT2D eigenvalue weighted by Crippen LogP contribution is 2.31. The summed E-state index contributed by atoms with van der Waals surface area (Å²) in [5.74, 6) is -1.09. The van der Waals surface area contributed by atoms with E-state index in [-0.39, 0.29) is 26.2 Å². The molecule has 0 bridgehead atoms. The van der Waals surface area contributed by atoms with E-state index in [0.29, 0.717) is 13.1 Å². The first-order valence-electron chi connectivity index (χ1n) is 10.9. The Morgan fingerprint density at radius 1 is 1.08 bits per heavy atom. The van der Waals surface area contributed by atoms with Crippen LogP contribution in [0.4, 0.5) is 15.8 Å². The number of nitrogens with zero attached hydrogens (tertiary/aromatic N) is 2. The molecule has 0 aliphatic carbocycles. The molecule has 1 aliphatic heterocycles. The second-order valence-electron chi connectivity index (χ2n) is 7.94. The maximum absolute atomic E-state index is 13.5. The number of halogens is 1. The molecule has 1 aromatic heterocycles. The summed E-state index contributed by atoms with van der Waals surface area (Å²) in [5, 5.41) is 4.16. The van der Waals surface area contributed by atoms with Gasteiger partial charge in [0.15, 0.2) is 0 Å². The molecule has 0 radical (unpaired) electrons. The molecule has 13 heteroatoms. The van der Waals surface area contributed by atoms with Crippen molar-refractivity contribution in [3.05, 3.63) is 65.8 Å². The number of rotatable bonds is 9. The van der Waals surface area contributed by atoms with Gasteiger partial charge in [-0.2, -0.15) is 4.31 Å². The van der Waals surface area contributed by atoms with Crippen molar-refractivity contribution in [1.29, 1.82) is 0 Å². The van der Waals surface area contributed by atoms with Gasteiger partial charge in [-0.3, -0.25) is 9.10 Å². The van der Waals surface area contributed by atoms with E-state index in [9.17, 15) is 26.0 Å². The van der Waals surface area contributed by atoms with Gasteiger partial charge in [0.05, 0.1) is 23.4 Å². The summed E-state index contributed by atoms with van der Waals surface area (Å²) in [7, 11) is -6.53. The predicted octanol–water partition coefficient (Wildman–Crippen LogP) is 3.51. The van der Waals surface area contributed by atoms with Crippen LogP contribution in [0.5, 0.6) is 5.75 Å². The third-order valence-corrected chi connectivity index (χ3v) is 10.6. The normalized spacial score (nSPS) is 14.5. The molecule has 0 atom stereocenters. The number of methoxy groups -OCH3 is 1. The molecule has 4 rings (SSSR count). The summed E-state index contributed by atoms with van der Waals surface area (Å²) < 4.78 is 73.5. The van der Waals surface area contributed by atoms with Gasteiger partial charge in [0.2, 0.25) is 15.9 Å². The van der Waals surface area contributed by atoms with Crippen molar-refractivity contribution in [2.45, 2.75) is 21.9 Å². The molecule has 192 valence electrons. The van der Waals surface area contributed by atoms with Crippen LogP contribution in [-0.2, 0) is 24.8 Å². The molecule has 2 heterocycles. The SMILES string of the molecule is COc1ccc(S(=O)(=O)N2CCCC2)cc1NC(=O)CN(c1ccc(F)cc1)S(=O)(=O)c1cccs1. The quantitative estimate of drug-likeness (QED) is 0.434. The van der Waals surface area contributed by atoms with Gasteiger partial charge in [-0.15, -0.1) is 11.3 Å². The van der Waals surface area contributed by atoms with Crippen molar-refractivity contribution >= 4 is 48.7 Å². The number of amides is 1. The molecule has 0 spiro atoms. The molecule has 1 aliphatic rings. The Bertz CT molecular complexity index is 1440. The minimum atomic E-state index is -4.13. The highest BCUT2D eigenvalue weighted by molar-refractivity contribution is 7.94. The lowest BCUT2D eigenvalue weighted by Gasteiger charge is -2.23. The Morgan fingerprint density at radius 2 is 1.78 bits per heavy atom. The van der Waals surface area contributed by atoms with Crippen LogP contribution in [0.15, 0.2) is 69.1 Å². The highest BCUT2D eigenvalue weighted by Gasteiger charge is 2.30. The average molecular weight is 554 g/mol. The van der Waals surface area contributed by atoms with Crippen molar-refractivity contribution in [3.8, 4) is 5.75 Å². The van der Waals surface area contributed by atoms with E-state index in [2.05, 4.69) is 5.32 Å². The summed E-state index contributed by atoms with van der Waals surface area (Å²) >= 11 is 0.983. The number of hydrogen-bond acceptors (Lipinski definition) is 7. The van der Waals surface area contributed by atoms with Crippen molar-refractivity contribution in [1.82, 2.24) is 4.31 Å². The number of carbonyl (C=O) groups excluding carboxylic acids is 1. The first kappa shape index (κ1) is 26.1. The fraction of sp³-hybridized carbons (Fsp3) is 0.261. The molecule has 9 nitrogen and oxygen atoms in total. The molecule has 1 saturated heterocycles. The Morgan fingerprint density at radius 3 is 2.39 bits per heavy atom. The summed E-state index contributed by atoms with van der Waals surface area (Å²) in [4.78, 5) is 13.0. The maximum Gasteiger partial charge on any atom is 0.274 e. The number of ether oxygens (including phenoxy) is 1. The topological polar surface area (TPSA) is 113 Å². The van der Waals surface area contributed by atoms with Crippen LogP contribution >= 0.6 is 11.3 Å². The van der Waals surface area contributed by atoms with E-state index in [1.54, 1.807) is 11.4 Å². The second kappa shape index (κ2) is 10.5. The monoisotopic (exact) mass is 553 g/mol. The largest absolute Gasteiger partial charge is 0.495 e. The van der Waals surface area contributed by atoms with Crippen LogP contribution in [0.1, 0.15) is 12.8 Å². The number of carbonyl (C=O) groups is 1. The van der Waals surface area contributed by atoms with E-state index < -0.39 is 38.3 Å².